The first-order valence-electron chi connectivity index (χ1n) is 4.93. The molecule has 0 aliphatic carbocycles. The molecule has 2 N–H and O–H groups in total. The third-order valence-corrected chi connectivity index (χ3v) is 2.24. The van der Waals surface area contributed by atoms with Gasteiger partial charge in [0, 0.05) is 0 Å². The Bertz CT molecular complexity index is 282. The van der Waals surface area contributed by atoms with Gasteiger partial charge in [0.2, 0.25) is 6.41 Å². The minimum Gasteiger partial charge on any atom is -0.372 e. The van der Waals surface area contributed by atoms with Crippen molar-refractivity contribution in [3.8, 4) is 0 Å². The average Bonchev–Trinajstić information content (AvgIpc) is 2.18. The summed E-state index contributed by atoms with van der Waals surface area (Å²) in [5.41, 5.74) is 8.65. The number of benzene rings is 1. The SMILES string of the molecule is CCc1cccc(C)c1CC.NC=O. The van der Waals surface area contributed by atoms with E-state index < -0.39 is 0 Å². The van der Waals surface area contributed by atoms with E-state index in [1.165, 1.54) is 16.7 Å². The van der Waals surface area contributed by atoms with Gasteiger partial charge in [0.15, 0.2) is 0 Å². The predicted octanol–water partition coefficient (Wildman–Crippen LogP) is 2.22. The van der Waals surface area contributed by atoms with Gasteiger partial charge >= 0.3 is 0 Å². The lowest BCUT2D eigenvalue weighted by Gasteiger charge is -2.07. The molecule has 0 aliphatic heterocycles. The highest BCUT2D eigenvalue weighted by atomic mass is 16.1. The van der Waals surface area contributed by atoms with Crippen LogP contribution < -0.4 is 5.73 Å². The number of hydrogen-bond donors (Lipinski definition) is 1. The number of carbonyl (C=O) groups is 1. The zero-order valence-corrected chi connectivity index (χ0v) is 9.21. The molecule has 0 unspecified atom stereocenters. The normalized spacial score (nSPS) is 8.79. The zero-order valence-electron chi connectivity index (χ0n) is 9.21. The minimum absolute atomic E-state index is 0.250. The van der Waals surface area contributed by atoms with Crippen molar-refractivity contribution in [2.45, 2.75) is 33.6 Å². The van der Waals surface area contributed by atoms with Crippen LogP contribution in [0.25, 0.3) is 0 Å². The van der Waals surface area contributed by atoms with Crippen molar-refractivity contribution < 1.29 is 4.79 Å². The predicted molar refractivity (Wildman–Crippen MR) is 60.2 cm³/mol. The molecule has 0 saturated carbocycles. The van der Waals surface area contributed by atoms with Crippen LogP contribution in [0.4, 0.5) is 0 Å². The Morgan fingerprint density at radius 1 is 1.29 bits per heavy atom. The summed E-state index contributed by atoms with van der Waals surface area (Å²) < 4.78 is 0. The molecule has 1 aromatic carbocycles. The third kappa shape index (κ3) is 3.60. The van der Waals surface area contributed by atoms with Crippen LogP contribution in [0.3, 0.4) is 0 Å². The Morgan fingerprint density at radius 3 is 2.21 bits per heavy atom. The highest BCUT2D eigenvalue weighted by Gasteiger charge is 1.99. The van der Waals surface area contributed by atoms with Crippen molar-refractivity contribution in [1.82, 2.24) is 0 Å². The Kier molecular flexibility index (Phi) is 6.46. The number of aryl methyl sites for hydroxylation is 2. The van der Waals surface area contributed by atoms with E-state index in [4.69, 9.17) is 4.79 Å². The van der Waals surface area contributed by atoms with Crippen molar-refractivity contribution in [3.63, 3.8) is 0 Å². The fraction of sp³-hybridized carbons (Fsp3) is 0.417. The van der Waals surface area contributed by atoms with Crippen LogP contribution in [0, 0.1) is 6.92 Å². The lowest BCUT2D eigenvalue weighted by Crippen LogP contribution is -1.93. The van der Waals surface area contributed by atoms with Crippen molar-refractivity contribution in [2.75, 3.05) is 0 Å². The fourth-order valence-corrected chi connectivity index (χ4v) is 1.60. The van der Waals surface area contributed by atoms with Crippen molar-refractivity contribution in [2.24, 2.45) is 5.73 Å². The van der Waals surface area contributed by atoms with E-state index in [1.807, 2.05) is 0 Å². The largest absolute Gasteiger partial charge is 0.372 e. The maximum absolute atomic E-state index is 8.58. The molecule has 0 aliphatic rings. The molecule has 0 bridgehead atoms. The molecular weight excluding hydrogens is 174 g/mol. The maximum Gasteiger partial charge on any atom is 0.204 e. The number of primary amides is 1. The molecule has 1 aromatic rings. The van der Waals surface area contributed by atoms with E-state index in [-0.39, 0.29) is 6.41 Å². The third-order valence-electron chi connectivity index (χ3n) is 2.24. The van der Waals surface area contributed by atoms with Crippen molar-refractivity contribution in [3.05, 3.63) is 34.9 Å². The molecule has 0 radical (unpaired) electrons. The van der Waals surface area contributed by atoms with Crippen LogP contribution >= 0.6 is 0 Å². The Labute approximate surface area is 86.1 Å². The summed E-state index contributed by atoms with van der Waals surface area (Å²) in [7, 11) is 0. The Morgan fingerprint density at radius 2 is 1.86 bits per heavy atom. The van der Waals surface area contributed by atoms with E-state index in [2.05, 4.69) is 44.7 Å². The van der Waals surface area contributed by atoms with Gasteiger partial charge in [0.05, 0.1) is 0 Å². The van der Waals surface area contributed by atoms with Gasteiger partial charge in [-0.2, -0.15) is 0 Å². The van der Waals surface area contributed by atoms with Gasteiger partial charge in [0.25, 0.3) is 0 Å². The molecule has 0 heterocycles. The average molecular weight is 193 g/mol. The molecule has 14 heavy (non-hydrogen) atoms. The lowest BCUT2D eigenvalue weighted by molar-refractivity contribution is -0.106. The molecule has 0 fully saturated rings. The number of nitrogens with two attached hydrogens (primary N) is 1. The van der Waals surface area contributed by atoms with E-state index in [1.54, 1.807) is 0 Å². The Balaban J connectivity index is 0.000000500. The van der Waals surface area contributed by atoms with Gasteiger partial charge in [-0.25, -0.2) is 0 Å². The second-order valence-electron chi connectivity index (χ2n) is 3.06. The summed E-state index contributed by atoms with van der Waals surface area (Å²) in [6.07, 6.45) is 2.57. The van der Waals surface area contributed by atoms with Crippen LogP contribution in [0.2, 0.25) is 0 Å². The van der Waals surface area contributed by atoms with Crippen LogP contribution in [0.15, 0.2) is 18.2 Å². The zero-order chi connectivity index (χ0) is 11.0. The molecule has 0 aromatic heterocycles. The first-order chi connectivity index (χ1) is 6.71. The standard InChI is InChI=1S/C11H16.CH3NO/c1-4-10-8-6-7-9(3)11(10)5-2;2-1-3/h6-8H,4-5H2,1-3H3;1H,(H2,2,3). The molecule has 0 saturated heterocycles. The van der Waals surface area contributed by atoms with E-state index in [0.29, 0.717) is 0 Å². The molecule has 78 valence electrons. The summed E-state index contributed by atoms with van der Waals surface area (Å²) in [5, 5.41) is 0. The number of hydrogen-bond acceptors (Lipinski definition) is 1. The molecule has 1 amide bonds. The molecule has 2 nitrogen and oxygen atoms in total. The number of amides is 1. The monoisotopic (exact) mass is 193 g/mol. The number of carbonyl (C=O) groups excluding carboxylic acids is 1. The highest BCUT2D eigenvalue weighted by Crippen LogP contribution is 2.14. The van der Waals surface area contributed by atoms with E-state index in [9.17, 15) is 0 Å². The van der Waals surface area contributed by atoms with Gasteiger partial charge in [-0.1, -0.05) is 32.0 Å². The number of rotatable bonds is 2. The second kappa shape index (κ2) is 7.13. The Hall–Kier alpha value is -1.31. The van der Waals surface area contributed by atoms with Crippen LogP contribution in [0.5, 0.6) is 0 Å². The molecule has 2 heteroatoms. The van der Waals surface area contributed by atoms with E-state index in [0.717, 1.165) is 12.8 Å². The maximum atomic E-state index is 8.58. The van der Waals surface area contributed by atoms with Gasteiger partial charge in [0.1, 0.15) is 0 Å². The quantitative estimate of drug-likeness (QED) is 0.719. The molecule has 1 rings (SSSR count). The van der Waals surface area contributed by atoms with Crippen LogP contribution in [-0.2, 0) is 17.6 Å². The summed E-state index contributed by atoms with van der Waals surface area (Å²) in [6, 6.07) is 6.57. The molecule has 0 spiro atoms. The lowest BCUT2D eigenvalue weighted by atomic mass is 9.98. The molecule has 0 atom stereocenters. The smallest absolute Gasteiger partial charge is 0.204 e. The van der Waals surface area contributed by atoms with E-state index >= 15 is 0 Å². The topological polar surface area (TPSA) is 43.1 Å². The fourth-order valence-electron chi connectivity index (χ4n) is 1.60. The first kappa shape index (κ1) is 12.7. The van der Waals surface area contributed by atoms with Crippen molar-refractivity contribution >= 4 is 6.41 Å². The van der Waals surface area contributed by atoms with Crippen LogP contribution in [-0.4, -0.2) is 6.41 Å². The molecular formula is C12H19NO. The van der Waals surface area contributed by atoms with Gasteiger partial charge in [-0.05, 0) is 36.5 Å². The first-order valence-corrected chi connectivity index (χ1v) is 4.93. The van der Waals surface area contributed by atoms with Gasteiger partial charge in [-0.15, -0.1) is 0 Å². The summed E-state index contributed by atoms with van der Waals surface area (Å²) in [4.78, 5) is 8.58. The summed E-state index contributed by atoms with van der Waals surface area (Å²) >= 11 is 0. The summed E-state index contributed by atoms with van der Waals surface area (Å²) in [6.45, 7) is 6.63. The van der Waals surface area contributed by atoms with Gasteiger partial charge in [-0.3, -0.25) is 4.79 Å². The minimum atomic E-state index is 0.250. The van der Waals surface area contributed by atoms with Crippen molar-refractivity contribution in [1.29, 1.82) is 0 Å². The highest BCUT2D eigenvalue weighted by molar-refractivity contribution is 5.42. The second-order valence-corrected chi connectivity index (χ2v) is 3.06. The summed E-state index contributed by atoms with van der Waals surface area (Å²) in [5.74, 6) is 0. The van der Waals surface area contributed by atoms with Gasteiger partial charge < -0.3 is 5.73 Å². The van der Waals surface area contributed by atoms with Crippen LogP contribution in [0.1, 0.15) is 30.5 Å².